The maximum absolute atomic E-state index is 12.7. The lowest BCUT2D eigenvalue weighted by Gasteiger charge is -2.40. The highest BCUT2D eigenvalue weighted by atomic mass is 16.3. The number of hydrogen-bond acceptors (Lipinski definition) is 3. The first-order valence-electron chi connectivity index (χ1n) is 8.69. The first kappa shape index (κ1) is 16.8. The Labute approximate surface area is 129 Å². The fraction of sp³-hybridized carbons (Fsp3) is 0.941. The van der Waals surface area contributed by atoms with Gasteiger partial charge in [-0.15, -0.1) is 0 Å². The van der Waals surface area contributed by atoms with E-state index < -0.39 is 0 Å². The van der Waals surface area contributed by atoms with E-state index in [-0.39, 0.29) is 18.1 Å². The SMILES string of the molecule is CC(O)C1CCCN(C(C)C(=O)N(C)C2CCCCC2)C1. The lowest BCUT2D eigenvalue weighted by atomic mass is 9.92. The molecule has 0 aromatic heterocycles. The third-order valence-corrected chi connectivity index (χ3v) is 5.55. The summed E-state index contributed by atoms with van der Waals surface area (Å²) in [5, 5.41) is 9.81. The van der Waals surface area contributed by atoms with E-state index in [1.54, 1.807) is 0 Å². The number of carbonyl (C=O) groups is 1. The summed E-state index contributed by atoms with van der Waals surface area (Å²) in [6, 6.07) is 0.379. The van der Waals surface area contributed by atoms with Crippen LogP contribution in [0.25, 0.3) is 0 Å². The van der Waals surface area contributed by atoms with Crippen LogP contribution in [-0.4, -0.2) is 59.1 Å². The Bertz CT molecular complexity index is 340. The molecule has 0 radical (unpaired) electrons. The van der Waals surface area contributed by atoms with Gasteiger partial charge in [-0.1, -0.05) is 19.3 Å². The van der Waals surface area contributed by atoms with Crippen molar-refractivity contribution in [3.8, 4) is 0 Å². The van der Waals surface area contributed by atoms with Gasteiger partial charge in [-0.05, 0) is 52.0 Å². The van der Waals surface area contributed by atoms with E-state index in [9.17, 15) is 9.90 Å². The Balaban J connectivity index is 1.91. The number of likely N-dealkylation sites (N-methyl/N-ethyl adjacent to an activating group) is 1. The van der Waals surface area contributed by atoms with E-state index in [1.807, 2.05) is 25.8 Å². The third-order valence-electron chi connectivity index (χ3n) is 5.55. The Morgan fingerprint density at radius 2 is 1.81 bits per heavy atom. The molecule has 0 bridgehead atoms. The van der Waals surface area contributed by atoms with Crippen molar-refractivity contribution in [1.82, 2.24) is 9.80 Å². The van der Waals surface area contributed by atoms with Gasteiger partial charge < -0.3 is 10.0 Å². The van der Waals surface area contributed by atoms with E-state index in [0.717, 1.165) is 38.8 Å². The Morgan fingerprint density at radius 3 is 2.43 bits per heavy atom. The Hall–Kier alpha value is -0.610. The van der Waals surface area contributed by atoms with Crippen molar-refractivity contribution >= 4 is 5.91 Å². The fourth-order valence-corrected chi connectivity index (χ4v) is 3.89. The highest BCUT2D eigenvalue weighted by molar-refractivity contribution is 5.81. The van der Waals surface area contributed by atoms with Crippen LogP contribution in [0.5, 0.6) is 0 Å². The molecule has 0 spiro atoms. The van der Waals surface area contributed by atoms with Crippen LogP contribution < -0.4 is 0 Å². The van der Waals surface area contributed by atoms with E-state index in [2.05, 4.69) is 4.90 Å². The molecule has 3 atom stereocenters. The Morgan fingerprint density at radius 1 is 1.14 bits per heavy atom. The number of hydrogen-bond donors (Lipinski definition) is 1. The second-order valence-electron chi connectivity index (χ2n) is 7.05. The predicted octanol–water partition coefficient (Wildman–Crippen LogP) is 2.26. The molecule has 1 amide bonds. The molecule has 1 N–H and O–H groups in total. The quantitative estimate of drug-likeness (QED) is 0.865. The smallest absolute Gasteiger partial charge is 0.239 e. The molecule has 1 saturated heterocycles. The average molecular weight is 296 g/mol. The number of aliphatic hydroxyl groups is 1. The summed E-state index contributed by atoms with van der Waals surface area (Å²) in [4.78, 5) is 17.0. The molecule has 0 aromatic rings. The minimum Gasteiger partial charge on any atom is -0.393 e. The number of piperidine rings is 1. The zero-order chi connectivity index (χ0) is 15.4. The van der Waals surface area contributed by atoms with E-state index >= 15 is 0 Å². The number of rotatable bonds is 4. The highest BCUT2D eigenvalue weighted by Crippen LogP contribution is 2.25. The van der Waals surface area contributed by atoms with Crippen molar-refractivity contribution < 1.29 is 9.90 Å². The lowest BCUT2D eigenvalue weighted by Crippen LogP contribution is -2.52. The van der Waals surface area contributed by atoms with Crippen LogP contribution in [0.4, 0.5) is 0 Å². The maximum atomic E-state index is 12.7. The minimum absolute atomic E-state index is 0.0570. The van der Waals surface area contributed by atoms with Crippen molar-refractivity contribution in [1.29, 1.82) is 0 Å². The van der Waals surface area contributed by atoms with E-state index in [4.69, 9.17) is 0 Å². The molecule has 1 saturated carbocycles. The molecule has 1 aliphatic heterocycles. The zero-order valence-electron chi connectivity index (χ0n) is 13.9. The molecular formula is C17H32N2O2. The second-order valence-corrected chi connectivity index (χ2v) is 7.05. The van der Waals surface area contributed by atoms with Crippen molar-refractivity contribution in [2.75, 3.05) is 20.1 Å². The number of likely N-dealkylation sites (tertiary alicyclic amines) is 1. The van der Waals surface area contributed by atoms with Gasteiger partial charge >= 0.3 is 0 Å². The van der Waals surface area contributed by atoms with Gasteiger partial charge in [0, 0.05) is 19.6 Å². The van der Waals surface area contributed by atoms with Gasteiger partial charge in [-0.3, -0.25) is 9.69 Å². The molecule has 21 heavy (non-hydrogen) atoms. The van der Waals surface area contributed by atoms with Crippen LogP contribution in [0.2, 0.25) is 0 Å². The standard InChI is InChI=1S/C17H32N2O2/c1-13(19-11-7-8-15(12-19)14(2)20)17(21)18(3)16-9-5-4-6-10-16/h13-16,20H,4-12H2,1-3H3. The molecule has 1 aliphatic carbocycles. The van der Waals surface area contributed by atoms with Crippen molar-refractivity contribution in [2.24, 2.45) is 5.92 Å². The summed E-state index contributed by atoms with van der Waals surface area (Å²) in [5.41, 5.74) is 0. The summed E-state index contributed by atoms with van der Waals surface area (Å²) in [6.07, 6.45) is 8.03. The monoisotopic (exact) mass is 296 g/mol. The van der Waals surface area contributed by atoms with Crippen LogP contribution in [0, 0.1) is 5.92 Å². The molecule has 4 nitrogen and oxygen atoms in total. The molecule has 2 rings (SSSR count). The van der Waals surface area contributed by atoms with Gasteiger partial charge in [-0.25, -0.2) is 0 Å². The lowest BCUT2D eigenvalue weighted by molar-refractivity contribution is -0.138. The third kappa shape index (κ3) is 4.19. The van der Waals surface area contributed by atoms with Crippen molar-refractivity contribution in [3.05, 3.63) is 0 Å². The van der Waals surface area contributed by atoms with Gasteiger partial charge in [0.05, 0.1) is 12.1 Å². The van der Waals surface area contributed by atoms with Gasteiger partial charge in [0.25, 0.3) is 0 Å². The van der Waals surface area contributed by atoms with Crippen LogP contribution in [0.15, 0.2) is 0 Å². The number of carbonyl (C=O) groups excluding carboxylic acids is 1. The molecule has 2 fully saturated rings. The highest BCUT2D eigenvalue weighted by Gasteiger charge is 2.32. The first-order valence-corrected chi connectivity index (χ1v) is 8.69. The van der Waals surface area contributed by atoms with Gasteiger partial charge in [-0.2, -0.15) is 0 Å². The molecule has 122 valence electrons. The number of aliphatic hydroxyl groups excluding tert-OH is 1. The van der Waals surface area contributed by atoms with E-state index in [1.165, 1.54) is 19.3 Å². The zero-order valence-corrected chi connectivity index (χ0v) is 13.9. The Kier molecular flexibility index (Phi) is 6.06. The summed E-state index contributed by atoms with van der Waals surface area (Å²) >= 11 is 0. The molecule has 0 aromatic carbocycles. The maximum Gasteiger partial charge on any atom is 0.239 e. The second kappa shape index (κ2) is 7.59. The summed E-state index contributed by atoms with van der Waals surface area (Å²) in [6.45, 7) is 5.73. The van der Waals surface area contributed by atoms with Crippen molar-refractivity contribution in [3.63, 3.8) is 0 Å². The first-order chi connectivity index (χ1) is 10.0. The van der Waals surface area contributed by atoms with Crippen LogP contribution in [0.3, 0.4) is 0 Å². The minimum atomic E-state index is -0.272. The topological polar surface area (TPSA) is 43.8 Å². The van der Waals surface area contributed by atoms with Crippen LogP contribution in [0.1, 0.15) is 58.8 Å². The predicted molar refractivity (Wildman–Crippen MR) is 85.1 cm³/mol. The fourth-order valence-electron chi connectivity index (χ4n) is 3.89. The summed E-state index contributed by atoms with van der Waals surface area (Å²) in [5.74, 6) is 0.571. The summed E-state index contributed by atoms with van der Waals surface area (Å²) in [7, 11) is 1.98. The molecule has 3 unspecified atom stereocenters. The van der Waals surface area contributed by atoms with Crippen molar-refractivity contribution in [2.45, 2.75) is 77.0 Å². The van der Waals surface area contributed by atoms with Crippen LogP contribution in [-0.2, 0) is 4.79 Å². The van der Waals surface area contributed by atoms with Gasteiger partial charge in [0.1, 0.15) is 0 Å². The molecule has 4 heteroatoms. The van der Waals surface area contributed by atoms with Gasteiger partial charge in [0.15, 0.2) is 0 Å². The number of amides is 1. The molecular weight excluding hydrogens is 264 g/mol. The van der Waals surface area contributed by atoms with Gasteiger partial charge in [0.2, 0.25) is 5.91 Å². The molecule has 1 heterocycles. The summed E-state index contributed by atoms with van der Waals surface area (Å²) < 4.78 is 0. The number of nitrogens with zero attached hydrogens (tertiary/aromatic N) is 2. The van der Waals surface area contributed by atoms with Crippen LogP contribution >= 0.6 is 0 Å². The largest absolute Gasteiger partial charge is 0.393 e. The van der Waals surface area contributed by atoms with E-state index in [0.29, 0.717) is 12.0 Å². The average Bonchev–Trinajstić information content (AvgIpc) is 2.53. The normalized spacial score (nSPS) is 28.1. The molecule has 2 aliphatic rings.